The van der Waals surface area contributed by atoms with Crippen LogP contribution in [0.3, 0.4) is 0 Å². The molecule has 1 N–H and O–H groups in total. The maximum atomic E-state index is 14.7. The standard InChI is InChI=1S/C17H20F2N4O/c1-3-11-13(18)6-12-15(14(11)19)21-17(24-2)22-16(12)23-7-9-4-5-10(8-23)20-9/h6,9-10,20H,3-5,7-8H2,1-2H3. The van der Waals surface area contributed by atoms with E-state index in [1.54, 1.807) is 6.92 Å². The van der Waals surface area contributed by atoms with E-state index in [9.17, 15) is 8.78 Å². The van der Waals surface area contributed by atoms with Gasteiger partial charge in [-0.3, -0.25) is 0 Å². The van der Waals surface area contributed by atoms with E-state index in [1.165, 1.54) is 13.2 Å². The van der Waals surface area contributed by atoms with Crippen LogP contribution in [-0.4, -0.2) is 42.3 Å². The van der Waals surface area contributed by atoms with Crippen LogP contribution in [0, 0.1) is 11.6 Å². The predicted molar refractivity (Wildman–Crippen MR) is 87.5 cm³/mol. The zero-order valence-electron chi connectivity index (χ0n) is 13.8. The van der Waals surface area contributed by atoms with Gasteiger partial charge in [0.15, 0.2) is 5.82 Å². The summed E-state index contributed by atoms with van der Waals surface area (Å²) in [5.41, 5.74) is 0.176. The summed E-state index contributed by atoms with van der Waals surface area (Å²) in [6, 6.07) is 2.25. The first-order valence-corrected chi connectivity index (χ1v) is 8.34. The Kier molecular flexibility index (Phi) is 3.75. The Hall–Kier alpha value is -2.02. The largest absolute Gasteiger partial charge is 0.467 e. The highest BCUT2D eigenvalue weighted by Gasteiger charge is 2.34. The molecule has 7 heteroatoms. The van der Waals surface area contributed by atoms with Gasteiger partial charge in [0, 0.05) is 36.1 Å². The van der Waals surface area contributed by atoms with Gasteiger partial charge in [-0.05, 0) is 25.3 Å². The molecule has 2 aromatic rings. The van der Waals surface area contributed by atoms with Gasteiger partial charge in [0.2, 0.25) is 0 Å². The minimum atomic E-state index is -0.618. The molecule has 5 nitrogen and oxygen atoms in total. The first-order chi connectivity index (χ1) is 11.6. The number of nitrogens with zero attached hydrogens (tertiary/aromatic N) is 3. The predicted octanol–water partition coefficient (Wildman–Crippen LogP) is 2.42. The number of benzene rings is 1. The Morgan fingerprint density at radius 3 is 2.58 bits per heavy atom. The Labute approximate surface area is 139 Å². The molecule has 2 atom stereocenters. The van der Waals surface area contributed by atoms with Crippen molar-refractivity contribution in [1.82, 2.24) is 15.3 Å². The van der Waals surface area contributed by atoms with Gasteiger partial charge >= 0.3 is 6.01 Å². The second kappa shape index (κ2) is 5.81. The summed E-state index contributed by atoms with van der Waals surface area (Å²) in [4.78, 5) is 10.6. The van der Waals surface area contributed by atoms with Crippen LogP contribution in [0.25, 0.3) is 10.9 Å². The van der Waals surface area contributed by atoms with Gasteiger partial charge in [0.1, 0.15) is 17.2 Å². The Morgan fingerprint density at radius 2 is 1.96 bits per heavy atom. The average molecular weight is 334 g/mol. The van der Waals surface area contributed by atoms with Crippen molar-refractivity contribution in [1.29, 1.82) is 0 Å². The number of anilines is 1. The molecule has 1 aromatic heterocycles. The molecule has 2 aliphatic rings. The number of aromatic nitrogens is 2. The van der Waals surface area contributed by atoms with Crippen molar-refractivity contribution in [3.63, 3.8) is 0 Å². The minimum Gasteiger partial charge on any atom is -0.467 e. The quantitative estimate of drug-likeness (QED) is 0.934. The van der Waals surface area contributed by atoms with Crippen LogP contribution in [0.4, 0.5) is 14.6 Å². The topological polar surface area (TPSA) is 50.3 Å². The number of fused-ring (bicyclic) bond motifs is 3. The van der Waals surface area contributed by atoms with E-state index in [0.29, 0.717) is 23.3 Å². The van der Waals surface area contributed by atoms with Crippen LogP contribution in [0.1, 0.15) is 25.3 Å². The number of piperazine rings is 1. The molecule has 0 saturated carbocycles. The summed E-state index contributed by atoms with van der Waals surface area (Å²) in [6.07, 6.45) is 2.50. The average Bonchev–Trinajstić information content (AvgIpc) is 2.92. The van der Waals surface area contributed by atoms with Gasteiger partial charge in [-0.1, -0.05) is 6.92 Å². The van der Waals surface area contributed by atoms with Crippen molar-refractivity contribution < 1.29 is 13.5 Å². The summed E-state index contributed by atoms with van der Waals surface area (Å²) < 4.78 is 34.2. The lowest BCUT2D eigenvalue weighted by atomic mass is 10.1. The van der Waals surface area contributed by atoms with E-state index in [-0.39, 0.29) is 23.5 Å². The highest BCUT2D eigenvalue weighted by molar-refractivity contribution is 5.91. The molecule has 2 unspecified atom stereocenters. The number of halogens is 2. The maximum absolute atomic E-state index is 14.7. The first kappa shape index (κ1) is 15.5. The molecule has 0 radical (unpaired) electrons. The molecular weight excluding hydrogens is 314 g/mol. The van der Waals surface area contributed by atoms with Gasteiger partial charge in [-0.15, -0.1) is 0 Å². The number of ether oxygens (including phenoxy) is 1. The maximum Gasteiger partial charge on any atom is 0.318 e. The van der Waals surface area contributed by atoms with Crippen LogP contribution in [0.5, 0.6) is 6.01 Å². The summed E-state index contributed by atoms with van der Waals surface area (Å²) in [6.45, 7) is 3.26. The molecule has 2 saturated heterocycles. The third kappa shape index (κ3) is 2.38. The highest BCUT2D eigenvalue weighted by atomic mass is 19.1. The summed E-state index contributed by atoms with van der Waals surface area (Å²) in [5, 5.41) is 3.95. The summed E-state index contributed by atoms with van der Waals surface area (Å²) in [5.74, 6) is -0.612. The van der Waals surface area contributed by atoms with Crippen LogP contribution in [0.15, 0.2) is 6.07 Å². The van der Waals surface area contributed by atoms with Gasteiger partial charge < -0.3 is 15.0 Å². The molecule has 1 aromatic carbocycles. The van der Waals surface area contributed by atoms with Gasteiger partial charge in [-0.2, -0.15) is 9.97 Å². The fraction of sp³-hybridized carbons (Fsp3) is 0.529. The molecule has 3 heterocycles. The number of rotatable bonds is 3. The Balaban J connectivity index is 1.90. The van der Waals surface area contributed by atoms with Gasteiger partial charge in [0.25, 0.3) is 0 Å². The van der Waals surface area contributed by atoms with E-state index < -0.39 is 11.6 Å². The zero-order valence-corrected chi connectivity index (χ0v) is 13.8. The molecule has 2 aliphatic heterocycles. The van der Waals surface area contributed by atoms with Crippen molar-refractivity contribution >= 4 is 16.7 Å². The second-order valence-electron chi connectivity index (χ2n) is 6.48. The summed E-state index contributed by atoms with van der Waals surface area (Å²) in [7, 11) is 1.45. The highest BCUT2D eigenvalue weighted by Crippen LogP contribution is 2.33. The third-order valence-electron chi connectivity index (χ3n) is 4.99. The number of methoxy groups -OCH3 is 1. The van der Waals surface area contributed by atoms with E-state index in [4.69, 9.17) is 4.74 Å². The van der Waals surface area contributed by atoms with Crippen LogP contribution < -0.4 is 15.0 Å². The van der Waals surface area contributed by atoms with Gasteiger partial charge in [-0.25, -0.2) is 8.78 Å². The Bertz CT molecular complexity index is 786. The molecule has 4 rings (SSSR count). The van der Waals surface area contributed by atoms with E-state index in [0.717, 1.165) is 25.9 Å². The number of hydrogen-bond acceptors (Lipinski definition) is 5. The molecule has 128 valence electrons. The molecule has 0 amide bonds. The smallest absolute Gasteiger partial charge is 0.318 e. The van der Waals surface area contributed by atoms with Gasteiger partial charge in [0.05, 0.1) is 7.11 Å². The lowest BCUT2D eigenvalue weighted by molar-refractivity contribution is 0.380. The lowest BCUT2D eigenvalue weighted by Gasteiger charge is -2.34. The van der Waals surface area contributed by atoms with E-state index in [2.05, 4.69) is 20.2 Å². The molecule has 24 heavy (non-hydrogen) atoms. The van der Waals surface area contributed by atoms with Crippen molar-refractivity contribution in [2.45, 2.75) is 38.3 Å². The van der Waals surface area contributed by atoms with E-state index >= 15 is 0 Å². The van der Waals surface area contributed by atoms with Crippen LogP contribution in [0.2, 0.25) is 0 Å². The second-order valence-corrected chi connectivity index (χ2v) is 6.48. The lowest BCUT2D eigenvalue weighted by Crippen LogP contribution is -2.51. The van der Waals surface area contributed by atoms with Crippen molar-refractivity contribution in [3.05, 3.63) is 23.3 Å². The molecule has 0 spiro atoms. The van der Waals surface area contributed by atoms with Crippen molar-refractivity contribution in [3.8, 4) is 6.01 Å². The first-order valence-electron chi connectivity index (χ1n) is 8.34. The monoisotopic (exact) mass is 334 g/mol. The third-order valence-corrected chi connectivity index (χ3v) is 4.99. The summed E-state index contributed by atoms with van der Waals surface area (Å²) >= 11 is 0. The molecule has 0 aliphatic carbocycles. The fourth-order valence-electron chi connectivity index (χ4n) is 3.83. The number of hydrogen-bond donors (Lipinski definition) is 1. The zero-order chi connectivity index (χ0) is 16.8. The SMILES string of the molecule is CCc1c(F)cc2c(N3CC4CCC(C3)N4)nc(OC)nc2c1F. The molecular formula is C17H20F2N4O. The molecule has 2 fully saturated rings. The normalized spacial score (nSPS) is 23.1. The van der Waals surface area contributed by atoms with E-state index in [1.807, 2.05) is 0 Å². The van der Waals surface area contributed by atoms with Crippen molar-refractivity contribution in [2.24, 2.45) is 0 Å². The van der Waals surface area contributed by atoms with Crippen molar-refractivity contribution in [2.75, 3.05) is 25.1 Å². The number of nitrogens with one attached hydrogen (secondary N) is 1. The van der Waals surface area contributed by atoms with Crippen LogP contribution in [-0.2, 0) is 6.42 Å². The molecule has 2 bridgehead atoms. The Morgan fingerprint density at radius 1 is 1.25 bits per heavy atom. The minimum absolute atomic E-state index is 0.0505. The van der Waals surface area contributed by atoms with Crippen LogP contribution >= 0.6 is 0 Å². The fourth-order valence-corrected chi connectivity index (χ4v) is 3.83.